The van der Waals surface area contributed by atoms with Gasteiger partial charge in [-0.3, -0.25) is 14.5 Å². The maximum atomic E-state index is 14.1. The van der Waals surface area contributed by atoms with Crippen LogP contribution in [0.25, 0.3) is 0 Å². The molecule has 1 aliphatic rings. The summed E-state index contributed by atoms with van der Waals surface area (Å²) in [6.07, 6.45) is 0.344. The van der Waals surface area contributed by atoms with Gasteiger partial charge in [0.2, 0.25) is 5.91 Å². The molecule has 0 saturated carbocycles. The van der Waals surface area contributed by atoms with Crippen LogP contribution in [0.3, 0.4) is 0 Å². The zero-order valence-electron chi connectivity index (χ0n) is 24.6. The van der Waals surface area contributed by atoms with Crippen LogP contribution in [0.5, 0.6) is 5.75 Å². The monoisotopic (exact) mass is 558 g/mol. The molecule has 0 radical (unpaired) electrons. The zero-order chi connectivity index (χ0) is 29.6. The van der Waals surface area contributed by atoms with E-state index in [9.17, 15) is 14.7 Å². The Morgan fingerprint density at radius 2 is 1.63 bits per heavy atom. The van der Waals surface area contributed by atoms with Crippen molar-refractivity contribution in [2.75, 3.05) is 46.7 Å². The van der Waals surface area contributed by atoms with E-state index in [0.29, 0.717) is 42.9 Å². The molecular weight excluding hydrogens is 516 g/mol. The van der Waals surface area contributed by atoms with Gasteiger partial charge in [0.1, 0.15) is 16.7 Å². The fourth-order valence-electron chi connectivity index (χ4n) is 6.05. The Kier molecular flexibility index (Phi) is 9.68. The van der Waals surface area contributed by atoms with Crippen LogP contribution in [0, 0.1) is 0 Å². The Bertz CT molecular complexity index is 1250. The van der Waals surface area contributed by atoms with E-state index < -0.39 is 17.6 Å². The van der Waals surface area contributed by atoms with Gasteiger partial charge in [-0.25, -0.2) is 0 Å². The minimum Gasteiger partial charge on any atom is -0.496 e. The molecule has 1 saturated heterocycles. The molecule has 41 heavy (non-hydrogen) atoms. The lowest BCUT2D eigenvalue weighted by Crippen LogP contribution is -2.57. The maximum absolute atomic E-state index is 14.1. The summed E-state index contributed by atoms with van der Waals surface area (Å²) in [5.41, 5.74) is 2.06. The van der Waals surface area contributed by atoms with E-state index in [1.54, 1.807) is 32.1 Å². The SMILES string of the molecule is CNc1cccc(OC)c1C(=O)N[C@H]1CCN(C(C)CC(C(=O)N(C)C)(c2ccccc2)c2ccccc2)C[C@@H]1O. The van der Waals surface area contributed by atoms with Crippen LogP contribution in [-0.4, -0.2) is 86.3 Å². The van der Waals surface area contributed by atoms with Crippen LogP contribution in [0.15, 0.2) is 78.9 Å². The maximum Gasteiger partial charge on any atom is 0.257 e. The third-order valence-electron chi connectivity index (χ3n) is 8.20. The second kappa shape index (κ2) is 13.2. The molecule has 8 nitrogen and oxygen atoms in total. The molecule has 1 fully saturated rings. The molecule has 4 rings (SSSR count). The number of β-amino-alcohol motifs (C(OH)–C–C–N with tert-alkyl or cyclic N) is 1. The third kappa shape index (κ3) is 6.24. The van der Waals surface area contributed by atoms with Crippen molar-refractivity contribution in [2.24, 2.45) is 0 Å². The van der Waals surface area contributed by atoms with Crippen LogP contribution in [0.1, 0.15) is 41.3 Å². The Morgan fingerprint density at radius 3 is 2.15 bits per heavy atom. The average Bonchev–Trinajstić information content (AvgIpc) is 3.00. The lowest BCUT2D eigenvalue weighted by Gasteiger charge is -2.44. The van der Waals surface area contributed by atoms with Crippen molar-refractivity contribution in [3.05, 3.63) is 95.6 Å². The molecule has 3 aromatic carbocycles. The highest BCUT2D eigenvalue weighted by Gasteiger charge is 2.45. The number of hydrogen-bond donors (Lipinski definition) is 3. The summed E-state index contributed by atoms with van der Waals surface area (Å²) in [5, 5.41) is 17.3. The Morgan fingerprint density at radius 1 is 1.02 bits per heavy atom. The fraction of sp³-hybridized carbons (Fsp3) is 0.394. The van der Waals surface area contributed by atoms with E-state index in [1.807, 2.05) is 72.8 Å². The molecule has 0 aliphatic carbocycles. The third-order valence-corrected chi connectivity index (χ3v) is 8.20. The summed E-state index contributed by atoms with van der Waals surface area (Å²) in [7, 11) is 6.89. The number of aliphatic hydroxyl groups excluding tert-OH is 1. The number of anilines is 1. The highest BCUT2D eigenvalue weighted by molar-refractivity contribution is 6.02. The number of likely N-dealkylation sites (tertiary alicyclic amines) is 1. The zero-order valence-corrected chi connectivity index (χ0v) is 24.6. The Hall–Kier alpha value is -3.88. The topological polar surface area (TPSA) is 94.1 Å². The van der Waals surface area contributed by atoms with Crippen LogP contribution in [0.2, 0.25) is 0 Å². The van der Waals surface area contributed by atoms with Crippen LogP contribution in [-0.2, 0) is 10.2 Å². The van der Waals surface area contributed by atoms with E-state index in [4.69, 9.17) is 4.74 Å². The van der Waals surface area contributed by atoms with E-state index >= 15 is 0 Å². The summed E-state index contributed by atoms with van der Waals surface area (Å²) in [6.45, 7) is 3.17. The molecule has 0 bridgehead atoms. The molecule has 0 spiro atoms. The van der Waals surface area contributed by atoms with Gasteiger partial charge >= 0.3 is 0 Å². The van der Waals surface area contributed by atoms with E-state index in [0.717, 1.165) is 11.1 Å². The molecule has 3 atom stereocenters. The fourth-order valence-corrected chi connectivity index (χ4v) is 6.05. The molecule has 1 unspecified atom stereocenters. The van der Waals surface area contributed by atoms with Gasteiger partial charge in [-0.1, -0.05) is 66.7 Å². The first-order chi connectivity index (χ1) is 19.7. The molecular formula is C33H42N4O4. The van der Waals surface area contributed by atoms with Gasteiger partial charge < -0.3 is 25.4 Å². The van der Waals surface area contributed by atoms with Gasteiger partial charge in [-0.15, -0.1) is 0 Å². The summed E-state index contributed by atoms with van der Waals surface area (Å²) >= 11 is 0. The molecule has 1 aliphatic heterocycles. The van der Waals surface area contributed by atoms with Gasteiger partial charge in [-0.2, -0.15) is 0 Å². The van der Waals surface area contributed by atoms with Gasteiger partial charge in [0.15, 0.2) is 0 Å². The average molecular weight is 559 g/mol. The Balaban J connectivity index is 1.55. The van der Waals surface area contributed by atoms with E-state index in [1.165, 1.54) is 7.11 Å². The highest BCUT2D eigenvalue weighted by atomic mass is 16.5. The number of methoxy groups -OCH3 is 1. The van der Waals surface area contributed by atoms with Crippen LogP contribution < -0.4 is 15.4 Å². The van der Waals surface area contributed by atoms with E-state index in [-0.39, 0.29) is 17.9 Å². The van der Waals surface area contributed by atoms with E-state index in [2.05, 4.69) is 22.5 Å². The van der Waals surface area contributed by atoms with Crippen LogP contribution >= 0.6 is 0 Å². The first-order valence-electron chi connectivity index (χ1n) is 14.1. The van der Waals surface area contributed by atoms with Crippen molar-refractivity contribution >= 4 is 17.5 Å². The number of nitrogens with one attached hydrogen (secondary N) is 2. The van der Waals surface area contributed by atoms with Crippen molar-refractivity contribution in [3.8, 4) is 5.75 Å². The quantitative estimate of drug-likeness (QED) is 0.351. The summed E-state index contributed by atoms with van der Waals surface area (Å²) < 4.78 is 5.43. The Labute approximate surface area is 243 Å². The second-order valence-corrected chi connectivity index (χ2v) is 11.0. The van der Waals surface area contributed by atoms with Crippen molar-refractivity contribution in [1.29, 1.82) is 0 Å². The summed E-state index contributed by atoms with van der Waals surface area (Å²) in [5.74, 6) is 0.196. The number of likely N-dealkylation sites (N-methyl/N-ethyl adjacent to an activating group) is 1. The standard InChI is InChI=1S/C33H42N4O4/c1-23(21-33(32(40)36(3)4,24-13-8-6-9-14-24)25-15-10-7-11-16-25)37-20-19-26(28(38)22-37)35-31(39)30-27(34-2)17-12-18-29(30)41-5/h6-18,23,26,28,34,38H,19-22H2,1-5H3,(H,35,39)/t23?,26-,28-/m0/s1. The number of carbonyl (C=O) groups excluding carboxylic acids is 2. The number of nitrogens with zero attached hydrogens (tertiary/aromatic N) is 2. The summed E-state index contributed by atoms with van der Waals surface area (Å²) in [6, 6.07) is 24.9. The van der Waals surface area contributed by atoms with Crippen molar-refractivity contribution in [1.82, 2.24) is 15.1 Å². The van der Waals surface area contributed by atoms with Crippen molar-refractivity contribution in [3.63, 3.8) is 0 Å². The number of aliphatic hydroxyl groups is 1. The predicted molar refractivity (Wildman–Crippen MR) is 162 cm³/mol. The molecule has 0 aromatic heterocycles. The second-order valence-electron chi connectivity index (χ2n) is 11.0. The smallest absolute Gasteiger partial charge is 0.257 e. The van der Waals surface area contributed by atoms with Gasteiger partial charge in [0.25, 0.3) is 5.91 Å². The minimum absolute atomic E-state index is 0.0154. The van der Waals surface area contributed by atoms with Gasteiger partial charge in [-0.05, 0) is 43.0 Å². The molecule has 1 heterocycles. The molecule has 3 aromatic rings. The number of rotatable bonds is 10. The van der Waals surface area contributed by atoms with Gasteiger partial charge in [0, 0.05) is 40.3 Å². The predicted octanol–water partition coefficient (Wildman–Crippen LogP) is 3.76. The largest absolute Gasteiger partial charge is 0.496 e. The molecule has 218 valence electrons. The number of hydrogen-bond acceptors (Lipinski definition) is 6. The number of piperidine rings is 1. The molecule has 2 amide bonds. The number of ether oxygens (including phenoxy) is 1. The molecule has 3 N–H and O–H groups in total. The highest BCUT2D eigenvalue weighted by Crippen LogP contribution is 2.40. The molecule has 8 heteroatoms. The lowest BCUT2D eigenvalue weighted by atomic mass is 9.69. The number of carbonyl (C=O) groups is 2. The normalized spacial score (nSPS) is 18.3. The number of amides is 2. The van der Waals surface area contributed by atoms with Crippen LogP contribution in [0.4, 0.5) is 5.69 Å². The number of benzene rings is 3. The summed E-state index contributed by atoms with van der Waals surface area (Å²) in [4.78, 5) is 31.2. The van der Waals surface area contributed by atoms with Crippen molar-refractivity contribution < 1.29 is 19.4 Å². The first kappa shape index (κ1) is 30.1. The first-order valence-corrected chi connectivity index (χ1v) is 14.1. The van der Waals surface area contributed by atoms with Crippen molar-refractivity contribution in [2.45, 2.75) is 43.4 Å². The van der Waals surface area contributed by atoms with Gasteiger partial charge in [0.05, 0.1) is 24.9 Å². The minimum atomic E-state index is -0.894. The lowest BCUT2D eigenvalue weighted by molar-refractivity contribution is -0.134.